The minimum atomic E-state index is -0.638. The first kappa shape index (κ1) is 26.0. The average molecular weight is 536 g/mol. The first-order valence-corrected chi connectivity index (χ1v) is 12.6. The van der Waals surface area contributed by atoms with Gasteiger partial charge >= 0.3 is 0 Å². The number of anilines is 1. The predicted octanol–water partition coefficient (Wildman–Crippen LogP) is 5.74. The average Bonchev–Trinajstić information content (AvgIpc) is 3.13. The van der Waals surface area contributed by atoms with Crippen molar-refractivity contribution in [2.45, 2.75) is 16.7 Å². The van der Waals surface area contributed by atoms with Crippen LogP contribution >= 0.6 is 23.5 Å². The van der Waals surface area contributed by atoms with Crippen molar-refractivity contribution < 1.29 is 24.0 Å². The molecule has 0 radical (unpaired) electrons. The quantitative estimate of drug-likeness (QED) is 0.220. The monoisotopic (exact) mass is 535 g/mol. The van der Waals surface area contributed by atoms with Crippen LogP contribution in [0.15, 0.2) is 81.4 Å². The number of rotatable bonds is 8. The molecule has 0 bridgehead atoms. The number of ether oxygens (including phenoxy) is 1. The summed E-state index contributed by atoms with van der Waals surface area (Å²) in [5.74, 6) is -0.557. The van der Waals surface area contributed by atoms with Crippen LogP contribution in [0.3, 0.4) is 0 Å². The van der Waals surface area contributed by atoms with Crippen LogP contribution < -0.4 is 10.1 Å². The van der Waals surface area contributed by atoms with Crippen LogP contribution in [-0.4, -0.2) is 40.5 Å². The molecule has 1 fully saturated rings. The van der Waals surface area contributed by atoms with Crippen molar-refractivity contribution in [3.05, 3.63) is 92.9 Å². The smallest absolute Gasteiger partial charge is 0.294 e. The van der Waals surface area contributed by atoms with E-state index in [2.05, 4.69) is 5.32 Å². The molecule has 37 heavy (non-hydrogen) atoms. The van der Waals surface area contributed by atoms with Gasteiger partial charge in [0.2, 0.25) is 5.91 Å². The molecular weight excluding hydrogens is 514 g/mol. The third-order valence-corrected chi connectivity index (χ3v) is 7.26. The van der Waals surface area contributed by atoms with Gasteiger partial charge in [0.05, 0.1) is 21.8 Å². The third-order valence-electron chi connectivity index (χ3n) is 5.28. The van der Waals surface area contributed by atoms with E-state index in [9.17, 15) is 24.5 Å². The number of imide groups is 1. The number of hydrogen-bond acceptors (Lipinski definition) is 8. The van der Waals surface area contributed by atoms with Gasteiger partial charge in [-0.2, -0.15) is 0 Å². The van der Waals surface area contributed by atoms with Crippen molar-refractivity contribution in [1.82, 2.24) is 4.90 Å². The van der Waals surface area contributed by atoms with E-state index in [0.29, 0.717) is 33.7 Å². The Balaban J connectivity index is 1.47. The maximum atomic E-state index is 12.8. The second-order valence-electron chi connectivity index (χ2n) is 7.94. The van der Waals surface area contributed by atoms with Crippen LogP contribution in [-0.2, 0) is 9.59 Å². The Morgan fingerprint density at radius 1 is 1.11 bits per heavy atom. The first-order valence-electron chi connectivity index (χ1n) is 11.0. The summed E-state index contributed by atoms with van der Waals surface area (Å²) >= 11 is 1.94. The van der Waals surface area contributed by atoms with E-state index in [1.807, 2.05) is 31.2 Å². The van der Waals surface area contributed by atoms with Gasteiger partial charge in [-0.3, -0.25) is 29.4 Å². The number of carbonyl (C=O) groups is 3. The lowest BCUT2D eigenvalue weighted by Crippen LogP contribution is -2.36. The summed E-state index contributed by atoms with van der Waals surface area (Å²) in [4.78, 5) is 51.1. The summed E-state index contributed by atoms with van der Waals surface area (Å²) in [5, 5.41) is 13.7. The van der Waals surface area contributed by atoms with Gasteiger partial charge in [0, 0.05) is 16.6 Å². The van der Waals surface area contributed by atoms with E-state index in [4.69, 9.17) is 4.74 Å². The van der Waals surface area contributed by atoms with Crippen molar-refractivity contribution in [2.24, 2.45) is 0 Å². The van der Waals surface area contributed by atoms with E-state index < -0.39 is 28.5 Å². The van der Waals surface area contributed by atoms with Gasteiger partial charge in [0.15, 0.2) is 0 Å². The molecule has 0 atom stereocenters. The molecule has 9 nitrogen and oxygen atoms in total. The maximum absolute atomic E-state index is 12.8. The number of amides is 3. The number of methoxy groups -OCH3 is 1. The molecule has 0 unspecified atom stereocenters. The molecule has 1 saturated heterocycles. The Kier molecular flexibility index (Phi) is 7.95. The Morgan fingerprint density at radius 2 is 1.81 bits per heavy atom. The van der Waals surface area contributed by atoms with Gasteiger partial charge in [-0.1, -0.05) is 35.5 Å². The van der Waals surface area contributed by atoms with Gasteiger partial charge in [0.25, 0.3) is 16.8 Å². The van der Waals surface area contributed by atoms with E-state index >= 15 is 0 Å². The maximum Gasteiger partial charge on any atom is 0.294 e. The van der Waals surface area contributed by atoms with Gasteiger partial charge in [-0.15, -0.1) is 0 Å². The molecule has 1 aliphatic rings. The molecule has 11 heteroatoms. The second-order valence-corrected chi connectivity index (χ2v) is 10.1. The highest BCUT2D eigenvalue weighted by Crippen LogP contribution is 2.37. The molecule has 188 valence electrons. The van der Waals surface area contributed by atoms with Crippen LogP contribution in [0, 0.1) is 17.0 Å². The lowest BCUT2D eigenvalue weighted by molar-refractivity contribution is -0.387. The van der Waals surface area contributed by atoms with Crippen molar-refractivity contribution in [1.29, 1.82) is 0 Å². The number of aryl methyl sites for hydroxylation is 1. The Morgan fingerprint density at radius 3 is 2.46 bits per heavy atom. The number of nitrogens with one attached hydrogen (secondary N) is 1. The van der Waals surface area contributed by atoms with Gasteiger partial charge in [-0.25, -0.2) is 0 Å². The van der Waals surface area contributed by atoms with Crippen molar-refractivity contribution in [3.63, 3.8) is 0 Å². The largest absolute Gasteiger partial charge is 0.497 e. The molecule has 1 aliphatic heterocycles. The lowest BCUT2D eigenvalue weighted by Gasteiger charge is -2.12. The number of thioether (sulfide) groups is 1. The van der Waals surface area contributed by atoms with Gasteiger partial charge in [0.1, 0.15) is 12.3 Å². The summed E-state index contributed by atoms with van der Waals surface area (Å²) < 4.78 is 5.07. The molecule has 3 aromatic carbocycles. The van der Waals surface area contributed by atoms with Crippen LogP contribution in [0.2, 0.25) is 0 Å². The van der Waals surface area contributed by atoms with Crippen molar-refractivity contribution in [2.75, 3.05) is 19.0 Å². The highest BCUT2D eigenvalue weighted by atomic mass is 32.2. The van der Waals surface area contributed by atoms with Crippen molar-refractivity contribution >= 4 is 58.0 Å². The van der Waals surface area contributed by atoms with E-state index in [1.54, 1.807) is 36.4 Å². The number of nitrogens with zero attached hydrogens (tertiary/aromatic N) is 2. The molecule has 1 N–H and O–H groups in total. The van der Waals surface area contributed by atoms with Gasteiger partial charge < -0.3 is 10.1 Å². The highest BCUT2D eigenvalue weighted by molar-refractivity contribution is 8.18. The Hall–Kier alpha value is -4.09. The standard InChI is InChI=1S/C26H21N3O6S2/c1-16-3-10-20(11-4-16)36-22-12-5-17(13-21(22)29(33)34)14-23-25(31)28(26(32)37-23)15-24(30)27-18-6-8-19(35-2)9-7-18/h3-14H,15H2,1-2H3,(H,27,30). The fourth-order valence-electron chi connectivity index (χ4n) is 3.39. The predicted molar refractivity (Wildman–Crippen MR) is 143 cm³/mol. The number of carbonyl (C=O) groups excluding carboxylic acids is 3. The summed E-state index contributed by atoms with van der Waals surface area (Å²) in [5.41, 5.74) is 1.86. The summed E-state index contributed by atoms with van der Waals surface area (Å²) in [6.07, 6.45) is 1.42. The molecule has 4 rings (SSSR count). The van der Waals surface area contributed by atoms with Crippen LogP contribution in [0.25, 0.3) is 6.08 Å². The number of benzene rings is 3. The first-order chi connectivity index (χ1) is 17.7. The molecular formula is C26H21N3O6S2. The molecule has 0 spiro atoms. The fourth-order valence-corrected chi connectivity index (χ4v) is 5.13. The van der Waals surface area contributed by atoms with Gasteiger partial charge in [-0.05, 0) is 72.8 Å². The second kappa shape index (κ2) is 11.3. The highest BCUT2D eigenvalue weighted by Gasteiger charge is 2.36. The normalized spacial score (nSPS) is 14.2. The van der Waals surface area contributed by atoms with Crippen LogP contribution in [0.1, 0.15) is 11.1 Å². The number of hydrogen-bond donors (Lipinski definition) is 1. The zero-order valence-electron chi connectivity index (χ0n) is 19.8. The molecule has 0 saturated carbocycles. The van der Waals surface area contributed by atoms with Crippen LogP contribution in [0.5, 0.6) is 5.75 Å². The zero-order valence-corrected chi connectivity index (χ0v) is 21.4. The fraction of sp³-hybridized carbons (Fsp3) is 0.115. The Labute approximate surface area is 221 Å². The summed E-state index contributed by atoms with van der Waals surface area (Å²) in [6.45, 7) is 1.50. The molecule has 1 heterocycles. The van der Waals surface area contributed by atoms with Crippen molar-refractivity contribution in [3.8, 4) is 5.75 Å². The number of nitro groups is 1. The molecule has 3 amide bonds. The molecule has 0 aliphatic carbocycles. The minimum Gasteiger partial charge on any atom is -0.497 e. The minimum absolute atomic E-state index is 0.0792. The molecule has 3 aromatic rings. The topological polar surface area (TPSA) is 119 Å². The zero-order chi connectivity index (χ0) is 26.5. The number of nitro benzene ring substituents is 1. The van der Waals surface area contributed by atoms with E-state index in [1.165, 1.54) is 31.0 Å². The summed E-state index contributed by atoms with van der Waals surface area (Å²) in [6, 6.07) is 18.9. The third kappa shape index (κ3) is 6.38. The Bertz CT molecular complexity index is 1400. The molecule has 0 aromatic heterocycles. The van der Waals surface area contributed by atoms with Crippen LogP contribution in [0.4, 0.5) is 16.2 Å². The van der Waals surface area contributed by atoms with E-state index in [0.717, 1.165) is 15.4 Å². The van der Waals surface area contributed by atoms with E-state index in [-0.39, 0.29) is 10.6 Å². The summed E-state index contributed by atoms with van der Waals surface area (Å²) in [7, 11) is 1.53. The lowest BCUT2D eigenvalue weighted by atomic mass is 10.2. The SMILES string of the molecule is COc1ccc(NC(=O)CN2C(=O)SC(=Cc3ccc(Sc4ccc(C)cc4)c([N+](=O)[O-])c3)C2=O)cc1.